The van der Waals surface area contributed by atoms with E-state index in [4.69, 9.17) is 5.73 Å². The highest BCUT2D eigenvalue weighted by atomic mass is 14.6. The molecule has 0 unspecified atom stereocenters. The number of allylic oxidation sites excluding steroid dienone is 7. The zero-order valence-corrected chi connectivity index (χ0v) is 9.64. The molecule has 0 aromatic heterocycles. The summed E-state index contributed by atoms with van der Waals surface area (Å²) in [5.74, 6) is 0. The normalized spacial score (nSPS) is 20.5. The molecule has 2 aliphatic rings. The van der Waals surface area contributed by atoms with E-state index < -0.39 is 0 Å². The molecule has 0 atom stereocenters. The molecular formula is C14H19N. The molecule has 0 heterocycles. The van der Waals surface area contributed by atoms with Crippen LogP contribution in [0.25, 0.3) is 0 Å². The third-order valence-corrected chi connectivity index (χ3v) is 3.33. The van der Waals surface area contributed by atoms with Gasteiger partial charge in [-0.3, -0.25) is 0 Å². The molecular weight excluding hydrogens is 182 g/mol. The van der Waals surface area contributed by atoms with E-state index >= 15 is 0 Å². The van der Waals surface area contributed by atoms with Crippen LogP contribution in [0.1, 0.15) is 39.5 Å². The Morgan fingerprint density at radius 3 is 2.47 bits per heavy atom. The van der Waals surface area contributed by atoms with Gasteiger partial charge < -0.3 is 5.73 Å². The molecule has 2 rings (SSSR count). The maximum atomic E-state index is 5.97. The van der Waals surface area contributed by atoms with Crippen LogP contribution in [0.15, 0.2) is 46.2 Å². The summed E-state index contributed by atoms with van der Waals surface area (Å²) in [4.78, 5) is 0. The third kappa shape index (κ3) is 1.92. The lowest BCUT2D eigenvalue weighted by molar-refractivity contribution is 0.996. The predicted molar refractivity (Wildman–Crippen MR) is 65.3 cm³/mol. The average Bonchev–Trinajstić information content (AvgIpc) is 2.83. The van der Waals surface area contributed by atoms with Crippen LogP contribution in [0.4, 0.5) is 0 Å². The second-order valence-electron chi connectivity index (χ2n) is 4.27. The molecule has 0 fully saturated rings. The topological polar surface area (TPSA) is 26.0 Å². The van der Waals surface area contributed by atoms with Gasteiger partial charge in [-0.2, -0.15) is 0 Å². The lowest BCUT2D eigenvalue weighted by atomic mass is 10.0. The minimum Gasteiger partial charge on any atom is -0.399 e. The van der Waals surface area contributed by atoms with Crippen molar-refractivity contribution < 1.29 is 0 Å². The van der Waals surface area contributed by atoms with Crippen molar-refractivity contribution in [2.75, 3.05) is 0 Å². The van der Waals surface area contributed by atoms with Gasteiger partial charge in [-0.1, -0.05) is 31.6 Å². The van der Waals surface area contributed by atoms with Crippen molar-refractivity contribution in [3.63, 3.8) is 0 Å². The molecule has 0 radical (unpaired) electrons. The van der Waals surface area contributed by atoms with Gasteiger partial charge in [-0.15, -0.1) is 0 Å². The van der Waals surface area contributed by atoms with Gasteiger partial charge in [-0.05, 0) is 48.5 Å². The highest BCUT2D eigenvalue weighted by Crippen LogP contribution is 2.34. The largest absolute Gasteiger partial charge is 0.399 e. The Morgan fingerprint density at radius 1 is 1.13 bits per heavy atom. The van der Waals surface area contributed by atoms with Gasteiger partial charge in [-0.25, -0.2) is 0 Å². The average molecular weight is 201 g/mol. The second kappa shape index (κ2) is 4.09. The minimum absolute atomic E-state index is 0.998. The molecule has 0 bridgehead atoms. The number of rotatable bonds is 3. The van der Waals surface area contributed by atoms with Gasteiger partial charge in [0, 0.05) is 5.70 Å². The van der Waals surface area contributed by atoms with E-state index in [1.54, 1.807) is 0 Å². The Labute approximate surface area is 92.1 Å². The molecule has 0 spiro atoms. The Morgan fingerprint density at radius 2 is 1.93 bits per heavy atom. The summed E-state index contributed by atoms with van der Waals surface area (Å²) >= 11 is 0. The van der Waals surface area contributed by atoms with E-state index in [0.29, 0.717) is 0 Å². The Balaban J connectivity index is 2.10. The van der Waals surface area contributed by atoms with Gasteiger partial charge in [0.1, 0.15) is 0 Å². The molecule has 2 N–H and O–H groups in total. The van der Waals surface area contributed by atoms with Crippen molar-refractivity contribution in [2.45, 2.75) is 39.5 Å². The molecule has 1 heteroatoms. The fourth-order valence-corrected chi connectivity index (χ4v) is 2.26. The first kappa shape index (κ1) is 10.3. The fourth-order valence-electron chi connectivity index (χ4n) is 2.26. The molecule has 15 heavy (non-hydrogen) atoms. The molecule has 0 saturated heterocycles. The van der Waals surface area contributed by atoms with Crippen molar-refractivity contribution in [3.8, 4) is 0 Å². The van der Waals surface area contributed by atoms with Crippen LogP contribution < -0.4 is 5.73 Å². The van der Waals surface area contributed by atoms with E-state index in [9.17, 15) is 0 Å². The fraction of sp³-hybridized carbons (Fsp3) is 0.429. The molecule has 0 aromatic carbocycles. The van der Waals surface area contributed by atoms with Crippen LogP contribution in [0.3, 0.4) is 0 Å². The monoisotopic (exact) mass is 201 g/mol. The molecule has 80 valence electrons. The molecule has 2 aliphatic carbocycles. The number of hydrogen-bond acceptors (Lipinski definition) is 1. The van der Waals surface area contributed by atoms with Crippen LogP contribution >= 0.6 is 0 Å². The van der Waals surface area contributed by atoms with Gasteiger partial charge in [0.05, 0.1) is 0 Å². The molecule has 0 aromatic rings. The maximum absolute atomic E-state index is 5.97. The van der Waals surface area contributed by atoms with Crippen molar-refractivity contribution in [1.29, 1.82) is 0 Å². The summed E-state index contributed by atoms with van der Waals surface area (Å²) in [5, 5.41) is 0. The van der Waals surface area contributed by atoms with E-state index in [1.165, 1.54) is 22.3 Å². The van der Waals surface area contributed by atoms with Gasteiger partial charge >= 0.3 is 0 Å². The second-order valence-corrected chi connectivity index (χ2v) is 4.27. The van der Waals surface area contributed by atoms with E-state index in [2.05, 4.69) is 32.1 Å². The summed E-state index contributed by atoms with van der Waals surface area (Å²) in [7, 11) is 0. The molecule has 0 saturated carbocycles. The summed E-state index contributed by atoms with van der Waals surface area (Å²) < 4.78 is 0. The minimum atomic E-state index is 0.998. The van der Waals surface area contributed by atoms with E-state index in [-0.39, 0.29) is 0 Å². The highest BCUT2D eigenvalue weighted by Gasteiger charge is 2.17. The van der Waals surface area contributed by atoms with Crippen LogP contribution in [-0.4, -0.2) is 0 Å². The molecule has 0 aliphatic heterocycles. The van der Waals surface area contributed by atoms with E-state index in [1.807, 2.05) is 0 Å². The first-order valence-corrected chi connectivity index (χ1v) is 5.82. The van der Waals surface area contributed by atoms with E-state index in [0.717, 1.165) is 31.4 Å². The molecule has 1 nitrogen and oxygen atoms in total. The summed E-state index contributed by atoms with van der Waals surface area (Å²) in [6.45, 7) is 4.39. The Hall–Kier alpha value is -1.24. The lowest BCUT2D eigenvalue weighted by Gasteiger charge is -2.03. The summed E-state index contributed by atoms with van der Waals surface area (Å²) in [5.41, 5.74) is 12.7. The highest BCUT2D eigenvalue weighted by molar-refractivity contribution is 5.51. The van der Waals surface area contributed by atoms with Crippen LogP contribution in [0, 0.1) is 0 Å². The van der Waals surface area contributed by atoms with Crippen molar-refractivity contribution in [3.05, 3.63) is 46.2 Å². The summed E-state index contributed by atoms with van der Waals surface area (Å²) in [6, 6.07) is 0. The lowest BCUT2D eigenvalue weighted by Crippen LogP contribution is -1.93. The SMILES string of the molecule is CCC1=CCC(C2=CC(N)=C(CC)C2)=C1. The first-order chi connectivity index (χ1) is 7.24. The van der Waals surface area contributed by atoms with Crippen molar-refractivity contribution >= 4 is 0 Å². The number of nitrogens with two attached hydrogens (primary N) is 1. The van der Waals surface area contributed by atoms with Crippen molar-refractivity contribution in [2.24, 2.45) is 5.73 Å². The Kier molecular flexibility index (Phi) is 2.81. The van der Waals surface area contributed by atoms with Gasteiger partial charge in [0.2, 0.25) is 0 Å². The first-order valence-electron chi connectivity index (χ1n) is 5.82. The zero-order valence-electron chi connectivity index (χ0n) is 9.64. The number of hydrogen-bond donors (Lipinski definition) is 1. The smallest absolute Gasteiger partial charge is 0.0312 e. The standard InChI is InChI=1S/C14H19N/c1-3-10-5-6-12(7-10)13-8-11(4-2)14(15)9-13/h5,7,9H,3-4,6,8,15H2,1-2H3. The summed E-state index contributed by atoms with van der Waals surface area (Å²) in [6.07, 6.45) is 11.2. The molecule has 0 amide bonds. The van der Waals surface area contributed by atoms with Gasteiger partial charge in [0.25, 0.3) is 0 Å². The van der Waals surface area contributed by atoms with Crippen LogP contribution in [0.5, 0.6) is 0 Å². The van der Waals surface area contributed by atoms with Gasteiger partial charge in [0.15, 0.2) is 0 Å². The third-order valence-electron chi connectivity index (χ3n) is 3.33. The predicted octanol–water partition coefficient (Wildman–Crippen LogP) is 3.61. The quantitative estimate of drug-likeness (QED) is 0.741. The van der Waals surface area contributed by atoms with Crippen LogP contribution in [0.2, 0.25) is 0 Å². The Bertz CT molecular complexity index is 392. The van der Waals surface area contributed by atoms with Crippen LogP contribution in [-0.2, 0) is 0 Å². The van der Waals surface area contributed by atoms with Crippen molar-refractivity contribution in [1.82, 2.24) is 0 Å². The maximum Gasteiger partial charge on any atom is 0.0312 e. The zero-order chi connectivity index (χ0) is 10.8.